The molecule has 2 nitrogen and oxygen atoms in total. The Morgan fingerprint density at radius 1 is 1.08 bits per heavy atom. The lowest BCUT2D eigenvalue weighted by Crippen LogP contribution is -2.10. The summed E-state index contributed by atoms with van der Waals surface area (Å²) in [6.45, 7) is 6.66. The van der Waals surface area contributed by atoms with Crippen molar-refractivity contribution in [3.05, 3.63) is 65.7 Å². The fourth-order valence-corrected chi connectivity index (χ4v) is 3.65. The van der Waals surface area contributed by atoms with E-state index in [1.54, 1.807) is 17.4 Å². The highest BCUT2D eigenvalue weighted by molar-refractivity contribution is 7.22. The monoisotopic (exact) mass is 336 g/mol. The normalized spacial score (nSPS) is 12.1. The summed E-state index contributed by atoms with van der Waals surface area (Å²) < 4.78 is 1.21. The zero-order chi connectivity index (χ0) is 17.3. The predicted molar refractivity (Wildman–Crippen MR) is 103 cm³/mol. The van der Waals surface area contributed by atoms with Gasteiger partial charge < -0.3 is 5.11 Å². The molecule has 0 amide bonds. The smallest absolute Gasteiger partial charge is 0.328 e. The van der Waals surface area contributed by atoms with Crippen LogP contribution in [0.5, 0.6) is 0 Å². The number of carboxylic acid groups (broad SMARTS) is 1. The minimum Gasteiger partial charge on any atom is -0.478 e. The van der Waals surface area contributed by atoms with Crippen LogP contribution in [-0.4, -0.2) is 11.1 Å². The van der Waals surface area contributed by atoms with Crippen LogP contribution in [0.1, 0.15) is 31.9 Å². The Kier molecular flexibility index (Phi) is 4.29. The summed E-state index contributed by atoms with van der Waals surface area (Å²) in [6, 6.07) is 16.9. The van der Waals surface area contributed by atoms with Crippen molar-refractivity contribution in [2.75, 3.05) is 0 Å². The van der Waals surface area contributed by atoms with Gasteiger partial charge in [0, 0.05) is 15.7 Å². The third-order valence-corrected chi connectivity index (χ3v) is 5.14. The number of thiophene rings is 1. The maximum absolute atomic E-state index is 10.7. The molecule has 0 radical (unpaired) electrons. The molecule has 3 heteroatoms. The minimum absolute atomic E-state index is 0.126. The number of fused-ring (bicyclic) bond motifs is 1. The molecule has 2 aromatic carbocycles. The first kappa shape index (κ1) is 16.5. The fourth-order valence-electron chi connectivity index (χ4n) is 2.61. The lowest BCUT2D eigenvalue weighted by molar-refractivity contribution is -0.131. The second kappa shape index (κ2) is 6.25. The first-order chi connectivity index (χ1) is 11.3. The van der Waals surface area contributed by atoms with Crippen molar-refractivity contribution in [1.82, 2.24) is 0 Å². The molecule has 1 N–H and O–H groups in total. The van der Waals surface area contributed by atoms with Gasteiger partial charge in [0.05, 0.1) is 0 Å². The number of aliphatic carboxylic acids is 1. The van der Waals surface area contributed by atoms with E-state index in [1.165, 1.54) is 26.8 Å². The third-order valence-electron chi connectivity index (χ3n) is 3.97. The van der Waals surface area contributed by atoms with Crippen molar-refractivity contribution >= 4 is 33.5 Å². The molecule has 0 unspecified atom stereocenters. The molecule has 24 heavy (non-hydrogen) atoms. The lowest BCUT2D eigenvalue weighted by atomic mass is 9.86. The van der Waals surface area contributed by atoms with Gasteiger partial charge in [0.2, 0.25) is 0 Å². The van der Waals surface area contributed by atoms with Crippen LogP contribution in [-0.2, 0) is 10.2 Å². The average molecular weight is 336 g/mol. The van der Waals surface area contributed by atoms with E-state index in [4.69, 9.17) is 5.11 Å². The molecule has 0 saturated heterocycles. The van der Waals surface area contributed by atoms with Crippen LogP contribution in [0.15, 0.2) is 54.6 Å². The van der Waals surface area contributed by atoms with Gasteiger partial charge >= 0.3 is 5.97 Å². The quantitative estimate of drug-likeness (QED) is 0.599. The second-order valence-electron chi connectivity index (χ2n) is 6.91. The minimum atomic E-state index is -0.930. The summed E-state index contributed by atoms with van der Waals surface area (Å²) in [6.07, 6.45) is 2.79. The van der Waals surface area contributed by atoms with Gasteiger partial charge in [0.15, 0.2) is 0 Å². The fraction of sp³-hybridized carbons (Fsp3) is 0.190. The molecule has 3 aromatic rings. The van der Waals surface area contributed by atoms with Crippen molar-refractivity contribution in [3.63, 3.8) is 0 Å². The number of benzene rings is 2. The Balaban J connectivity index is 2.01. The first-order valence-electron chi connectivity index (χ1n) is 7.88. The SMILES string of the molecule is CC(C)(C)c1cccc(-c2cc3cc(/C=C/C(=O)O)ccc3s2)c1. The Labute approximate surface area is 146 Å². The molecular weight excluding hydrogens is 316 g/mol. The van der Waals surface area contributed by atoms with Gasteiger partial charge in [-0.05, 0) is 57.8 Å². The Hall–Kier alpha value is -2.39. The van der Waals surface area contributed by atoms with Gasteiger partial charge in [-0.1, -0.05) is 45.0 Å². The molecule has 1 aromatic heterocycles. The van der Waals surface area contributed by atoms with Gasteiger partial charge in [-0.3, -0.25) is 0 Å². The highest BCUT2D eigenvalue weighted by atomic mass is 32.1. The summed E-state index contributed by atoms with van der Waals surface area (Å²) in [4.78, 5) is 11.9. The van der Waals surface area contributed by atoms with Crippen LogP contribution in [0.25, 0.3) is 26.6 Å². The van der Waals surface area contributed by atoms with Crippen molar-refractivity contribution in [2.45, 2.75) is 26.2 Å². The molecule has 0 aliphatic carbocycles. The second-order valence-corrected chi connectivity index (χ2v) is 7.99. The van der Waals surface area contributed by atoms with E-state index in [9.17, 15) is 4.79 Å². The first-order valence-corrected chi connectivity index (χ1v) is 8.70. The summed E-state index contributed by atoms with van der Waals surface area (Å²) in [7, 11) is 0. The zero-order valence-electron chi connectivity index (χ0n) is 14.0. The maximum Gasteiger partial charge on any atom is 0.328 e. The van der Waals surface area contributed by atoms with E-state index >= 15 is 0 Å². The molecule has 0 aliphatic rings. The maximum atomic E-state index is 10.7. The van der Waals surface area contributed by atoms with Crippen molar-refractivity contribution in [2.24, 2.45) is 0 Å². The summed E-state index contributed by atoms with van der Waals surface area (Å²) in [5.74, 6) is -0.930. The van der Waals surface area contributed by atoms with Gasteiger partial charge in [-0.2, -0.15) is 0 Å². The van der Waals surface area contributed by atoms with Crippen LogP contribution in [0.3, 0.4) is 0 Å². The molecule has 122 valence electrons. The average Bonchev–Trinajstić information content (AvgIpc) is 2.95. The molecule has 0 aliphatic heterocycles. The highest BCUT2D eigenvalue weighted by Gasteiger charge is 2.14. The Bertz CT molecular complexity index is 926. The van der Waals surface area contributed by atoms with E-state index < -0.39 is 5.97 Å². The molecular formula is C21H20O2S. The number of rotatable bonds is 3. The Morgan fingerprint density at radius 2 is 1.88 bits per heavy atom. The summed E-state index contributed by atoms with van der Waals surface area (Å²) in [5.41, 5.74) is 3.58. The van der Waals surface area contributed by atoms with E-state index in [1.807, 2.05) is 12.1 Å². The van der Waals surface area contributed by atoms with Gasteiger partial charge in [-0.25, -0.2) is 4.79 Å². The van der Waals surface area contributed by atoms with Crippen molar-refractivity contribution in [1.29, 1.82) is 0 Å². The largest absolute Gasteiger partial charge is 0.478 e. The van der Waals surface area contributed by atoms with Crippen LogP contribution in [0, 0.1) is 0 Å². The summed E-state index contributed by atoms with van der Waals surface area (Å²) in [5, 5.41) is 9.89. The van der Waals surface area contributed by atoms with Crippen LogP contribution < -0.4 is 0 Å². The van der Waals surface area contributed by atoms with Crippen LogP contribution in [0.2, 0.25) is 0 Å². The third kappa shape index (κ3) is 3.57. The summed E-state index contributed by atoms with van der Waals surface area (Å²) >= 11 is 1.76. The molecule has 0 bridgehead atoms. The molecule has 0 saturated carbocycles. The molecule has 0 fully saturated rings. The van der Waals surface area contributed by atoms with Crippen molar-refractivity contribution in [3.8, 4) is 10.4 Å². The molecule has 3 rings (SSSR count). The number of hydrogen-bond donors (Lipinski definition) is 1. The number of hydrogen-bond acceptors (Lipinski definition) is 2. The predicted octanol–water partition coefficient (Wildman–Crippen LogP) is 5.96. The lowest BCUT2D eigenvalue weighted by Gasteiger charge is -2.19. The molecule has 0 spiro atoms. The van der Waals surface area contributed by atoms with Crippen molar-refractivity contribution < 1.29 is 9.90 Å². The molecule has 1 heterocycles. The van der Waals surface area contributed by atoms with Crippen LogP contribution >= 0.6 is 11.3 Å². The Morgan fingerprint density at radius 3 is 2.58 bits per heavy atom. The van der Waals surface area contributed by atoms with Crippen LogP contribution in [0.4, 0.5) is 0 Å². The van der Waals surface area contributed by atoms with E-state index in [-0.39, 0.29) is 5.41 Å². The van der Waals surface area contributed by atoms with E-state index in [0.717, 1.165) is 10.9 Å². The van der Waals surface area contributed by atoms with E-state index in [2.05, 4.69) is 57.2 Å². The zero-order valence-corrected chi connectivity index (χ0v) is 14.9. The van der Waals surface area contributed by atoms with Gasteiger partial charge in [-0.15, -0.1) is 11.3 Å². The topological polar surface area (TPSA) is 37.3 Å². The van der Waals surface area contributed by atoms with E-state index in [0.29, 0.717) is 0 Å². The number of carboxylic acids is 1. The number of carbonyl (C=O) groups is 1. The standard InChI is InChI=1S/C21H20O2S/c1-21(2,3)17-6-4-5-15(12-17)19-13-16-11-14(8-10-20(22)23)7-9-18(16)24-19/h4-13H,1-3H3,(H,22,23)/b10-8+. The van der Waals surface area contributed by atoms with Gasteiger partial charge in [0.1, 0.15) is 0 Å². The molecule has 0 atom stereocenters. The highest BCUT2D eigenvalue weighted by Crippen LogP contribution is 2.36. The van der Waals surface area contributed by atoms with Gasteiger partial charge in [0.25, 0.3) is 0 Å².